The molecule has 0 radical (unpaired) electrons. The molecule has 0 N–H and O–H groups in total. The van der Waals surface area contributed by atoms with Gasteiger partial charge in [-0.05, 0) is 23.8 Å². The van der Waals surface area contributed by atoms with Crippen LogP contribution in [0.4, 0.5) is 10.1 Å². The Morgan fingerprint density at radius 1 is 1.29 bits per heavy atom. The molecule has 0 saturated heterocycles. The summed E-state index contributed by atoms with van der Waals surface area (Å²) < 4.78 is 13.4. The summed E-state index contributed by atoms with van der Waals surface area (Å²) in [6.45, 7) is 0. The summed E-state index contributed by atoms with van der Waals surface area (Å²) in [7, 11) is 0. The molecule has 1 aromatic carbocycles. The molecule has 1 heterocycles. The summed E-state index contributed by atoms with van der Waals surface area (Å²) in [5.41, 5.74) is 0.204. The number of benzene rings is 1. The quantitative estimate of drug-likeness (QED) is 0.491. The number of hydrogen-bond donors (Lipinski definition) is 0. The summed E-state index contributed by atoms with van der Waals surface area (Å²) in [5, 5.41) is 19.9. The minimum Gasteiger partial charge on any atom is -0.265 e. The predicted octanol–water partition coefficient (Wildman–Crippen LogP) is 3.76. The lowest BCUT2D eigenvalue weighted by Crippen LogP contribution is -1.93. The van der Waals surface area contributed by atoms with Gasteiger partial charge in [0.15, 0.2) is 0 Å². The fraction of sp³-hybridized carbons (Fsp3) is 0. The molecule has 104 valence electrons. The number of nitro groups is 1. The van der Waals surface area contributed by atoms with Crippen molar-refractivity contribution >= 4 is 27.9 Å². The number of hydrogen-bond acceptors (Lipinski definition) is 4. The van der Waals surface area contributed by atoms with Gasteiger partial charge in [-0.1, -0.05) is 11.6 Å². The van der Waals surface area contributed by atoms with Crippen molar-refractivity contribution in [2.75, 3.05) is 0 Å². The number of nitriles is 1. The topological polar surface area (TPSA) is 79.8 Å². The molecule has 0 atom stereocenters. The minimum absolute atomic E-state index is 0.0636. The highest BCUT2D eigenvalue weighted by molar-refractivity contribution is 6.53. The number of pyridine rings is 1. The zero-order valence-corrected chi connectivity index (χ0v) is 11.2. The van der Waals surface area contributed by atoms with Gasteiger partial charge in [0.2, 0.25) is 0 Å². The van der Waals surface area contributed by atoms with E-state index in [-0.39, 0.29) is 16.2 Å². The number of aromatic nitrogens is 1. The van der Waals surface area contributed by atoms with Gasteiger partial charge in [0.25, 0.3) is 5.69 Å². The first kappa shape index (κ1) is 14.6. The van der Waals surface area contributed by atoms with E-state index in [1.54, 1.807) is 12.1 Å². The molecule has 0 saturated carbocycles. The van der Waals surface area contributed by atoms with Crippen molar-refractivity contribution in [3.05, 3.63) is 69.8 Å². The second kappa shape index (κ2) is 6.11. The number of halogens is 2. The highest BCUT2D eigenvalue weighted by Crippen LogP contribution is 2.31. The van der Waals surface area contributed by atoms with Crippen LogP contribution in [0, 0.1) is 27.3 Å². The van der Waals surface area contributed by atoms with E-state index in [2.05, 4.69) is 4.98 Å². The molecule has 2 aromatic rings. The van der Waals surface area contributed by atoms with E-state index < -0.39 is 16.4 Å². The Hall–Kier alpha value is -2.78. The maximum absolute atomic E-state index is 13.4. The van der Waals surface area contributed by atoms with Crippen LogP contribution in [-0.4, -0.2) is 9.91 Å². The summed E-state index contributed by atoms with van der Waals surface area (Å²) in [6, 6.07) is 7.98. The summed E-state index contributed by atoms with van der Waals surface area (Å²) in [5.74, 6) is -0.802. The SMILES string of the molecule is N#C/C(=C(\Cl)c1cc(F)cc([N+](=O)[O-])c1)c1ccncc1. The zero-order valence-electron chi connectivity index (χ0n) is 10.5. The van der Waals surface area contributed by atoms with Gasteiger partial charge in [0.05, 0.1) is 21.6 Å². The molecule has 0 bridgehead atoms. The third-order valence-electron chi connectivity index (χ3n) is 2.65. The van der Waals surface area contributed by atoms with Gasteiger partial charge in [-0.25, -0.2) is 4.39 Å². The Bertz CT molecular complexity index is 770. The summed E-state index contributed by atoms with van der Waals surface area (Å²) in [6.07, 6.45) is 2.95. The highest BCUT2D eigenvalue weighted by atomic mass is 35.5. The molecule has 0 aliphatic carbocycles. The van der Waals surface area contributed by atoms with E-state index in [4.69, 9.17) is 11.6 Å². The summed E-state index contributed by atoms with van der Waals surface area (Å²) in [4.78, 5) is 13.8. The van der Waals surface area contributed by atoms with E-state index in [1.165, 1.54) is 12.4 Å². The maximum atomic E-state index is 13.4. The van der Waals surface area contributed by atoms with Crippen LogP contribution < -0.4 is 0 Å². The van der Waals surface area contributed by atoms with Crippen LogP contribution in [0.1, 0.15) is 11.1 Å². The van der Waals surface area contributed by atoms with Crippen molar-refractivity contribution in [2.45, 2.75) is 0 Å². The Balaban J connectivity index is 2.61. The molecule has 5 nitrogen and oxygen atoms in total. The smallest absolute Gasteiger partial charge is 0.265 e. The van der Waals surface area contributed by atoms with E-state index in [0.717, 1.165) is 18.2 Å². The third kappa shape index (κ3) is 3.22. The van der Waals surface area contributed by atoms with E-state index in [9.17, 15) is 19.8 Å². The number of rotatable bonds is 3. The highest BCUT2D eigenvalue weighted by Gasteiger charge is 2.15. The van der Waals surface area contributed by atoms with Gasteiger partial charge in [-0.2, -0.15) is 5.26 Å². The van der Waals surface area contributed by atoms with Crippen molar-refractivity contribution in [1.29, 1.82) is 5.26 Å². The lowest BCUT2D eigenvalue weighted by Gasteiger charge is -2.05. The molecule has 2 rings (SSSR count). The van der Waals surface area contributed by atoms with E-state index in [1.807, 2.05) is 6.07 Å². The Morgan fingerprint density at radius 2 is 1.95 bits per heavy atom. The second-order valence-corrected chi connectivity index (χ2v) is 4.37. The average Bonchev–Trinajstić information content (AvgIpc) is 2.48. The van der Waals surface area contributed by atoms with Crippen molar-refractivity contribution in [2.24, 2.45) is 0 Å². The van der Waals surface area contributed by atoms with Gasteiger partial charge in [-0.15, -0.1) is 0 Å². The molecule has 0 aliphatic rings. The van der Waals surface area contributed by atoms with Gasteiger partial charge < -0.3 is 0 Å². The fourth-order valence-corrected chi connectivity index (χ4v) is 1.97. The fourth-order valence-electron chi connectivity index (χ4n) is 1.71. The molecule has 0 unspecified atom stereocenters. The zero-order chi connectivity index (χ0) is 15.4. The normalized spacial score (nSPS) is 11.5. The Kier molecular flexibility index (Phi) is 4.26. The number of nitrogens with zero attached hydrogens (tertiary/aromatic N) is 3. The second-order valence-electron chi connectivity index (χ2n) is 3.99. The predicted molar refractivity (Wildman–Crippen MR) is 75.6 cm³/mol. The molecule has 21 heavy (non-hydrogen) atoms. The third-order valence-corrected chi connectivity index (χ3v) is 3.05. The number of non-ortho nitro benzene ring substituents is 1. The first-order valence-corrected chi connectivity index (χ1v) is 6.06. The van der Waals surface area contributed by atoms with Crippen LogP contribution in [0.15, 0.2) is 42.7 Å². The molecule has 0 fully saturated rings. The standard InChI is InChI=1S/C14H7ClFN3O2/c15-14(13(8-17)9-1-3-18-4-2-9)10-5-11(16)7-12(6-10)19(20)21/h1-7H/b14-13+. The van der Waals surface area contributed by atoms with Crippen LogP contribution >= 0.6 is 11.6 Å². The molecular weight excluding hydrogens is 297 g/mol. The first-order valence-electron chi connectivity index (χ1n) is 5.68. The van der Waals surface area contributed by atoms with Gasteiger partial charge >= 0.3 is 0 Å². The molecule has 0 amide bonds. The average molecular weight is 304 g/mol. The lowest BCUT2D eigenvalue weighted by molar-refractivity contribution is -0.385. The Morgan fingerprint density at radius 3 is 2.52 bits per heavy atom. The molecule has 0 spiro atoms. The van der Waals surface area contributed by atoms with Crippen molar-refractivity contribution in [3.8, 4) is 6.07 Å². The van der Waals surface area contributed by atoms with Crippen LogP contribution in [0.5, 0.6) is 0 Å². The molecule has 0 aliphatic heterocycles. The maximum Gasteiger partial charge on any atom is 0.273 e. The van der Waals surface area contributed by atoms with Crippen molar-refractivity contribution in [3.63, 3.8) is 0 Å². The van der Waals surface area contributed by atoms with Crippen LogP contribution in [0.2, 0.25) is 0 Å². The van der Waals surface area contributed by atoms with Crippen LogP contribution in [0.25, 0.3) is 10.6 Å². The minimum atomic E-state index is -0.802. The van der Waals surface area contributed by atoms with Gasteiger partial charge in [0.1, 0.15) is 11.9 Å². The monoisotopic (exact) mass is 303 g/mol. The van der Waals surface area contributed by atoms with E-state index >= 15 is 0 Å². The summed E-state index contributed by atoms with van der Waals surface area (Å²) >= 11 is 6.10. The van der Waals surface area contributed by atoms with Crippen molar-refractivity contribution in [1.82, 2.24) is 4.98 Å². The van der Waals surface area contributed by atoms with E-state index in [0.29, 0.717) is 5.56 Å². The number of nitro benzene ring substituents is 1. The Labute approximate surface area is 124 Å². The van der Waals surface area contributed by atoms with Crippen LogP contribution in [0.3, 0.4) is 0 Å². The number of allylic oxidation sites excluding steroid dienone is 1. The first-order chi connectivity index (χ1) is 10.0. The lowest BCUT2D eigenvalue weighted by atomic mass is 10.0. The van der Waals surface area contributed by atoms with Crippen LogP contribution in [-0.2, 0) is 0 Å². The molecule has 7 heteroatoms. The van der Waals surface area contributed by atoms with Gasteiger partial charge in [0, 0.05) is 24.0 Å². The molecular formula is C14H7ClFN3O2. The van der Waals surface area contributed by atoms with Gasteiger partial charge in [-0.3, -0.25) is 15.1 Å². The molecule has 1 aromatic heterocycles. The van der Waals surface area contributed by atoms with Crippen molar-refractivity contribution < 1.29 is 9.31 Å². The largest absolute Gasteiger partial charge is 0.273 e.